The first-order chi connectivity index (χ1) is 6.43. The minimum atomic E-state index is -1.05. The van der Waals surface area contributed by atoms with Crippen LogP contribution in [0.4, 0.5) is 0 Å². The largest absolute Gasteiger partial charge is 0.481 e. The number of amides is 1. The zero-order chi connectivity index (χ0) is 11.1. The summed E-state index contributed by atoms with van der Waals surface area (Å²) in [5, 5.41) is 8.28. The number of hydrogen-bond donors (Lipinski definition) is 3. The molecule has 0 aromatic heterocycles. The van der Waals surface area contributed by atoms with Crippen LogP contribution in [0.1, 0.15) is 19.8 Å². The Morgan fingerprint density at radius 1 is 1.50 bits per heavy atom. The van der Waals surface area contributed by atoms with Crippen LogP contribution in [0.5, 0.6) is 0 Å². The van der Waals surface area contributed by atoms with Crippen LogP contribution in [0.2, 0.25) is 0 Å². The summed E-state index contributed by atoms with van der Waals surface area (Å²) < 4.78 is 0. The van der Waals surface area contributed by atoms with Crippen LogP contribution in [0, 0.1) is 0 Å². The fraction of sp³-hybridized carbons (Fsp3) is 0.571. The molecule has 7 heteroatoms. The van der Waals surface area contributed by atoms with Crippen molar-refractivity contribution in [2.45, 2.75) is 25.8 Å². The molecule has 80 valence electrons. The Hall–Kier alpha value is -1.63. The molecule has 0 aliphatic carbocycles. The third-order valence-electron chi connectivity index (χ3n) is 1.27. The van der Waals surface area contributed by atoms with Crippen molar-refractivity contribution in [3.8, 4) is 0 Å². The topological polar surface area (TPSA) is 119 Å². The maximum Gasteiger partial charge on any atom is 0.348 e. The van der Waals surface area contributed by atoms with Crippen LogP contribution < -0.4 is 11.2 Å². The molecular weight excluding hydrogens is 192 g/mol. The molecule has 0 saturated heterocycles. The van der Waals surface area contributed by atoms with Crippen molar-refractivity contribution >= 4 is 17.8 Å². The van der Waals surface area contributed by atoms with Gasteiger partial charge in [-0.2, -0.15) is 5.48 Å². The summed E-state index contributed by atoms with van der Waals surface area (Å²) in [5.74, 6) is -2.45. The molecule has 0 rings (SSSR count). The average Bonchev–Trinajstić information content (AvgIpc) is 2.09. The lowest BCUT2D eigenvalue weighted by Gasteiger charge is -2.08. The highest BCUT2D eigenvalue weighted by Crippen LogP contribution is 1.96. The molecule has 0 fully saturated rings. The third-order valence-corrected chi connectivity index (χ3v) is 1.27. The van der Waals surface area contributed by atoms with Crippen LogP contribution in [0.3, 0.4) is 0 Å². The van der Waals surface area contributed by atoms with E-state index in [0.29, 0.717) is 0 Å². The Labute approximate surface area is 80.2 Å². The molecule has 0 aliphatic rings. The van der Waals surface area contributed by atoms with Crippen molar-refractivity contribution in [3.63, 3.8) is 0 Å². The van der Waals surface area contributed by atoms with Gasteiger partial charge >= 0.3 is 11.9 Å². The molecule has 4 N–H and O–H groups in total. The van der Waals surface area contributed by atoms with Gasteiger partial charge in [0.1, 0.15) is 6.04 Å². The van der Waals surface area contributed by atoms with Gasteiger partial charge in [-0.1, -0.05) is 0 Å². The first kappa shape index (κ1) is 12.4. The normalized spacial score (nSPS) is 11.6. The van der Waals surface area contributed by atoms with Gasteiger partial charge in [0.25, 0.3) is 0 Å². The lowest BCUT2D eigenvalue weighted by molar-refractivity contribution is -0.159. The Morgan fingerprint density at radius 3 is 2.50 bits per heavy atom. The summed E-state index contributed by atoms with van der Waals surface area (Å²) in [5.41, 5.74) is 7.06. The zero-order valence-electron chi connectivity index (χ0n) is 7.65. The molecule has 0 aromatic carbocycles. The maximum atomic E-state index is 10.9. The molecule has 0 radical (unpaired) electrons. The van der Waals surface area contributed by atoms with E-state index in [0.717, 1.165) is 6.92 Å². The molecule has 1 atom stereocenters. The number of hydroxylamine groups is 1. The Balaban J connectivity index is 3.76. The number of carboxylic acids is 1. The van der Waals surface area contributed by atoms with E-state index in [9.17, 15) is 14.4 Å². The molecule has 14 heavy (non-hydrogen) atoms. The van der Waals surface area contributed by atoms with E-state index in [4.69, 9.17) is 10.8 Å². The highest BCUT2D eigenvalue weighted by Gasteiger charge is 2.16. The van der Waals surface area contributed by atoms with Crippen molar-refractivity contribution in [2.24, 2.45) is 5.73 Å². The number of hydrogen-bond acceptors (Lipinski definition) is 5. The molecule has 0 aromatic rings. The van der Waals surface area contributed by atoms with Crippen LogP contribution in [-0.4, -0.2) is 29.0 Å². The molecule has 0 bridgehead atoms. The second-order valence-corrected chi connectivity index (χ2v) is 2.62. The fourth-order valence-corrected chi connectivity index (χ4v) is 0.595. The summed E-state index contributed by atoms with van der Waals surface area (Å²) in [6.45, 7) is 1.16. The van der Waals surface area contributed by atoms with Gasteiger partial charge in [-0.15, -0.1) is 0 Å². The number of nitrogens with one attached hydrogen (secondary N) is 1. The zero-order valence-corrected chi connectivity index (χ0v) is 7.65. The van der Waals surface area contributed by atoms with Crippen LogP contribution in [0.15, 0.2) is 0 Å². The van der Waals surface area contributed by atoms with E-state index in [1.807, 2.05) is 0 Å². The van der Waals surface area contributed by atoms with Gasteiger partial charge in [-0.25, -0.2) is 4.79 Å². The van der Waals surface area contributed by atoms with Gasteiger partial charge in [0.15, 0.2) is 0 Å². The van der Waals surface area contributed by atoms with E-state index in [1.54, 1.807) is 5.48 Å². The van der Waals surface area contributed by atoms with E-state index in [2.05, 4.69) is 4.84 Å². The fourth-order valence-electron chi connectivity index (χ4n) is 0.595. The van der Waals surface area contributed by atoms with E-state index >= 15 is 0 Å². The Kier molecular flexibility index (Phi) is 5.23. The molecule has 1 amide bonds. The molecule has 0 unspecified atom stereocenters. The van der Waals surface area contributed by atoms with E-state index in [-0.39, 0.29) is 12.8 Å². The molecule has 0 spiro atoms. The van der Waals surface area contributed by atoms with Gasteiger partial charge in [-0.05, 0) is 6.42 Å². The standard InChI is InChI=1S/C7H12N2O5/c1-4(10)9-14-7(13)5(8)2-3-6(11)12/h5H,2-3,8H2,1H3,(H,9,10)(H,11,12)/t5-/m0/s1. The van der Waals surface area contributed by atoms with Crippen molar-refractivity contribution in [2.75, 3.05) is 0 Å². The minimum Gasteiger partial charge on any atom is -0.481 e. The monoisotopic (exact) mass is 204 g/mol. The van der Waals surface area contributed by atoms with Gasteiger partial charge < -0.3 is 15.7 Å². The van der Waals surface area contributed by atoms with Crippen molar-refractivity contribution in [1.82, 2.24) is 5.48 Å². The van der Waals surface area contributed by atoms with Crippen LogP contribution in [0.25, 0.3) is 0 Å². The number of carbonyl (C=O) groups is 3. The van der Waals surface area contributed by atoms with E-state index < -0.39 is 23.9 Å². The lowest BCUT2D eigenvalue weighted by Crippen LogP contribution is -2.37. The Bertz CT molecular complexity index is 240. The second-order valence-electron chi connectivity index (χ2n) is 2.62. The molecule has 0 heterocycles. The molecule has 7 nitrogen and oxygen atoms in total. The summed E-state index contributed by atoms with van der Waals surface area (Å²) in [6.07, 6.45) is -0.260. The smallest absolute Gasteiger partial charge is 0.348 e. The first-order valence-electron chi connectivity index (χ1n) is 3.88. The van der Waals surface area contributed by atoms with Crippen LogP contribution >= 0.6 is 0 Å². The quantitative estimate of drug-likeness (QED) is 0.493. The summed E-state index contributed by atoms with van der Waals surface area (Å²) >= 11 is 0. The highest BCUT2D eigenvalue weighted by molar-refractivity contribution is 5.79. The third kappa shape index (κ3) is 5.95. The lowest BCUT2D eigenvalue weighted by atomic mass is 10.2. The van der Waals surface area contributed by atoms with Crippen molar-refractivity contribution < 1.29 is 24.3 Å². The SMILES string of the molecule is CC(=O)NOC(=O)[C@@H](N)CCC(=O)O. The summed E-state index contributed by atoms with van der Waals surface area (Å²) in [7, 11) is 0. The van der Waals surface area contributed by atoms with Crippen molar-refractivity contribution in [1.29, 1.82) is 0 Å². The van der Waals surface area contributed by atoms with E-state index in [1.165, 1.54) is 0 Å². The van der Waals surface area contributed by atoms with Gasteiger partial charge in [-0.3, -0.25) is 9.59 Å². The predicted octanol–water partition coefficient (Wildman–Crippen LogP) is -1.23. The maximum absolute atomic E-state index is 10.9. The molecule has 0 saturated carbocycles. The van der Waals surface area contributed by atoms with Gasteiger partial charge in [0.05, 0.1) is 0 Å². The first-order valence-corrected chi connectivity index (χ1v) is 3.88. The number of aliphatic carboxylic acids is 1. The summed E-state index contributed by atoms with van der Waals surface area (Å²) in [6, 6.07) is -1.04. The number of nitrogens with two attached hydrogens (primary N) is 1. The second kappa shape index (κ2) is 5.92. The van der Waals surface area contributed by atoms with Gasteiger partial charge in [0.2, 0.25) is 5.91 Å². The average molecular weight is 204 g/mol. The summed E-state index contributed by atoms with van der Waals surface area (Å²) in [4.78, 5) is 35.6. The molecule has 0 aliphatic heterocycles. The highest BCUT2D eigenvalue weighted by atomic mass is 16.7. The minimum absolute atomic E-state index is 0.0340. The van der Waals surface area contributed by atoms with Crippen LogP contribution in [-0.2, 0) is 19.2 Å². The van der Waals surface area contributed by atoms with Gasteiger partial charge in [0, 0.05) is 13.3 Å². The number of rotatable bonds is 4. The van der Waals surface area contributed by atoms with Crippen molar-refractivity contribution in [3.05, 3.63) is 0 Å². The number of carbonyl (C=O) groups excluding carboxylic acids is 2. The molecular formula is C7H12N2O5. The number of carboxylic acid groups (broad SMARTS) is 1. The Morgan fingerprint density at radius 2 is 2.07 bits per heavy atom. The predicted molar refractivity (Wildman–Crippen MR) is 44.8 cm³/mol.